The van der Waals surface area contributed by atoms with Crippen molar-refractivity contribution in [3.05, 3.63) is 28.2 Å². The molecule has 1 aromatic carbocycles. The molecule has 0 amide bonds. The molecule has 1 aromatic rings. The van der Waals surface area contributed by atoms with Crippen LogP contribution >= 0.6 is 28.1 Å². The van der Waals surface area contributed by atoms with Gasteiger partial charge >= 0.3 is 0 Å². The van der Waals surface area contributed by atoms with Crippen molar-refractivity contribution >= 4 is 38.8 Å². The molecule has 98 valence electrons. The molecular weight excluding hydrogens is 312 g/mol. The molecule has 0 bridgehead atoms. The van der Waals surface area contributed by atoms with Crippen LogP contribution in [0, 0.1) is 0 Å². The number of morpholine rings is 1. The Morgan fingerprint density at radius 3 is 2.83 bits per heavy atom. The van der Waals surface area contributed by atoms with Crippen LogP contribution < -0.4 is 10.6 Å². The van der Waals surface area contributed by atoms with Gasteiger partial charge in [0, 0.05) is 28.8 Å². The van der Waals surface area contributed by atoms with Crippen molar-refractivity contribution in [3.63, 3.8) is 0 Å². The highest BCUT2D eigenvalue weighted by Crippen LogP contribution is 2.29. The highest BCUT2D eigenvalue weighted by molar-refractivity contribution is 9.10. The van der Waals surface area contributed by atoms with Crippen molar-refractivity contribution in [2.45, 2.75) is 19.4 Å². The minimum absolute atomic E-state index is 0.145. The Morgan fingerprint density at radius 2 is 2.22 bits per heavy atom. The molecule has 5 heteroatoms. The predicted molar refractivity (Wildman–Crippen MR) is 82.3 cm³/mol. The number of hydrogen-bond donors (Lipinski definition) is 1. The summed E-state index contributed by atoms with van der Waals surface area (Å²) in [4.78, 5) is 2.71. The van der Waals surface area contributed by atoms with Gasteiger partial charge in [0.05, 0.1) is 12.2 Å². The molecule has 1 aliphatic heterocycles. The fourth-order valence-corrected chi connectivity index (χ4v) is 2.72. The van der Waals surface area contributed by atoms with Gasteiger partial charge in [0.1, 0.15) is 4.99 Å². The van der Waals surface area contributed by atoms with E-state index in [9.17, 15) is 0 Å². The third-order valence-electron chi connectivity index (χ3n) is 2.99. The molecule has 1 saturated heterocycles. The SMILES string of the molecule is CC1(C)CN(c2cc(Br)ccc2C(N)=S)CCO1. The Hall–Kier alpha value is -0.650. The van der Waals surface area contributed by atoms with Crippen molar-refractivity contribution < 1.29 is 4.74 Å². The fraction of sp³-hybridized carbons (Fsp3) is 0.462. The van der Waals surface area contributed by atoms with E-state index in [0.29, 0.717) is 4.99 Å². The molecule has 1 fully saturated rings. The molecule has 3 nitrogen and oxygen atoms in total. The quantitative estimate of drug-likeness (QED) is 0.847. The first-order chi connectivity index (χ1) is 8.39. The Bertz CT molecular complexity index is 476. The molecule has 0 unspecified atom stereocenters. The topological polar surface area (TPSA) is 38.5 Å². The first-order valence-corrected chi connectivity index (χ1v) is 7.07. The molecule has 0 aromatic heterocycles. The number of thiocarbonyl (C=S) groups is 1. The van der Waals surface area contributed by atoms with Gasteiger partial charge in [0.2, 0.25) is 0 Å². The van der Waals surface area contributed by atoms with Crippen LogP contribution in [0.2, 0.25) is 0 Å². The van der Waals surface area contributed by atoms with Gasteiger partial charge in [0.15, 0.2) is 0 Å². The number of hydrogen-bond acceptors (Lipinski definition) is 3. The summed E-state index contributed by atoms with van der Waals surface area (Å²) in [6.07, 6.45) is 0. The Balaban J connectivity index is 2.37. The molecule has 0 radical (unpaired) electrons. The van der Waals surface area contributed by atoms with Crippen LogP contribution in [0.25, 0.3) is 0 Å². The zero-order chi connectivity index (χ0) is 13.3. The van der Waals surface area contributed by atoms with Crippen molar-refractivity contribution in [3.8, 4) is 0 Å². The van der Waals surface area contributed by atoms with Crippen molar-refractivity contribution in [1.82, 2.24) is 0 Å². The number of nitrogens with zero attached hydrogens (tertiary/aromatic N) is 1. The average Bonchev–Trinajstić information content (AvgIpc) is 2.27. The summed E-state index contributed by atoms with van der Waals surface area (Å²) < 4.78 is 6.76. The fourth-order valence-electron chi connectivity index (χ4n) is 2.20. The third-order valence-corrected chi connectivity index (χ3v) is 3.70. The highest BCUT2D eigenvalue weighted by Gasteiger charge is 2.28. The number of nitrogens with two attached hydrogens (primary N) is 1. The van der Waals surface area contributed by atoms with Crippen LogP contribution in [0.1, 0.15) is 19.4 Å². The van der Waals surface area contributed by atoms with Crippen molar-refractivity contribution in [1.29, 1.82) is 0 Å². The largest absolute Gasteiger partial charge is 0.389 e. The molecule has 0 spiro atoms. The molecule has 0 aliphatic carbocycles. The summed E-state index contributed by atoms with van der Waals surface area (Å²) in [5, 5.41) is 0. The highest BCUT2D eigenvalue weighted by atomic mass is 79.9. The Kier molecular flexibility index (Phi) is 3.94. The van der Waals surface area contributed by atoms with Crippen LogP contribution in [-0.2, 0) is 4.74 Å². The third kappa shape index (κ3) is 3.02. The van der Waals surface area contributed by atoms with Gasteiger partial charge in [0.25, 0.3) is 0 Å². The lowest BCUT2D eigenvalue weighted by molar-refractivity contribution is -0.0277. The van der Waals surface area contributed by atoms with Crippen LogP contribution in [0.3, 0.4) is 0 Å². The zero-order valence-electron chi connectivity index (χ0n) is 10.6. The molecule has 18 heavy (non-hydrogen) atoms. The second-order valence-electron chi connectivity index (χ2n) is 5.06. The van der Waals surface area contributed by atoms with E-state index in [4.69, 9.17) is 22.7 Å². The number of anilines is 1. The Labute approximate surface area is 121 Å². The van der Waals surface area contributed by atoms with Crippen molar-refractivity contribution in [2.75, 3.05) is 24.6 Å². The van der Waals surface area contributed by atoms with E-state index >= 15 is 0 Å². The normalized spacial score (nSPS) is 18.7. The van der Waals surface area contributed by atoms with Crippen LogP contribution in [0.5, 0.6) is 0 Å². The average molecular weight is 329 g/mol. The van der Waals surface area contributed by atoms with E-state index in [1.807, 2.05) is 12.1 Å². The van der Waals surface area contributed by atoms with Crippen LogP contribution in [0.15, 0.2) is 22.7 Å². The molecule has 1 aliphatic rings. The van der Waals surface area contributed by atoms with Gasteiger partial charge in [-0.05, 0) is 32.0 Å². The summed E-state index contributed by atoms with van der Waals surface area (Å²) >= 11 is 8.62. The second-order valence-corrected chi connectivity index (χ2v) is 6.41. The molecule has 2 rings (SSSR count). The predicted octanol–water partition coefficient (Wildman–Crippen LogP) is 2.70. The summed E-state index contributed by atoms with van der Waals surface area (Å²) in [6.45, 7) is 6.60. The zero-order valence-corrected chi connectivity index (χ0v) is 13.0. The number of halogens is 1. The van der Waals surface area contributed by atoms with Gasteiger partial charge in [-0.3, -0.25) is 0 Å². The standard InChI is InChI=1S/C13H17BrN2OS/c1-13(2)8-16(5-6-17-13)11-7-9(14)3-4-10(11)12(15)18/h3-4,7H,5-6,8H2,1-2H3,(H2,15,18). The summed E-state index contributed by atoms with van der Waals surface area (Å²) in [6, 6.07) is 5.99. The summed E-state index contributed by atoms with van der Waals surface area (Å²) in [5.74, 6) is 0. The van der Waals surface area contributed by atoms with E-state index in [-0.39, 0.29) is 5.60 Å². The lowest BCUT2D eigenvalue weighted by atomic mass is 10.0. The minimum Gasteiger partial charge on any atom is -0.389 e. The van der Waals surface area contributed by atoms with Gasteiger partial charge in [-0.25, -0.2) is 0 Å². The molecule has 1 heterocycles. The summed E-state index contributed by atoms with van der Waals surface area (Å²) in [7, 11) is 0. The molecule has 0 atom stereocenters. The maximum atomic E-state index is 5.80. The van der Waals surface area contributed by atoms with Gasteiger partial charge in [-0.1, -0.05) is 28.1 Å². The monoisotopic (exact) mass is 328 g/mol. The Morgan fingerprint density at radius 1 is 1.50 bits per heavy atom. The van der Waals surface area contributed by atoms with E-state index in [0.717, 1.165) is 35.4 Å². The van der Waals surface area contributed by atoms with Gasteiger partial charge < -0.3 is 15.4 Å². The maximum absolute atomic E-state index is 5.80. The molecular formula is C13H17BrN2OS. The first kappa shape index (κ1) is 13.8. The maximum Gasteiger partial charge on any atom is 0.106 e. The van der Waals surface area contributed by atoms with Crippen LogP contribution in [0.4, 0.5) is 5.69 Å². The van der Waals surface area contributed by atoms with E-state index in [2.05, 4.69) is 40.7 Å². The molecule has 0 saturated carbocycles. The van der Waals surface area contributed by atoms with Crippen molar-refractivity contribution in [2.24, 2.45) is 5.73 Å². The second kappa shape index (κ2) is 5.15. The molecule has 2 N–H and O–H groups in total. The summed E-state index contributed by atoms with van der Waals surface area (Å²) in [5.41, 5.74) is 7.65. The van der Waals surface area contributed by atoms with Gasteiger partial charge in [-0.2, -0.15) is 0 Å². The number of benzene rings is 1. The van der Waals surface area contributed by atoms with E-state index in [1.165, 1.54) is 0 Å². The lowest BCUT2D eigenvalue weighted by Gasteiger charge is -2.40. The minimum atomic E-state index is -0.145. The lowest BCUT2D eigenvalue weighted by Crippen LogP contribution is -2.48. The number of ether oxygens (including phenoxy) is 1. The smallest absolute Gasteiger partial charge is 0.106 e. The van der Waals surface area contributed by atoms with Crippen LogP contribution in [-0.4, -0.2) is 30.3 Å². The number of rotatable bonds is 2. The van der Waals surface area contributed by atoms with E-state index in [1.54, 1.807) is 0 Å². The van der Waals surface area contributed by atoms with Gasteiger partial charge in [-0.15, -0.1) is 0 Å². The van der Waals surface area contributed by atoms with E-state index < -0.39 is 0 Å². The first-order valence-electron chi connectivity index (χ1n) is 5.87.